The Labute approximate surface area is 282 Å². The molecule has 2 aromatic carbocycles. The van der Waals surface area contributed by atoms with Crippen LogP contribution in [0.5, 0.6) is 0 Å². The number of fused-ring (bicyclic) bond motifs is 2. The van der Waals surface area contributed by atoms with E-state index in [9.17, 15) is 24.3 Å². The number of allylic oxidation sites excluding steroid dienone is 1. The van der Waals surface area contributed by atoms with Crippen molar-refractivity contribution in [2.24, 2.45) is 11.8 Å². The molecule has 2 fully saturated rings. The van der Waals surface area contributed by atoms with E-state index in [1.165, 1.54) is 4.90 Å². The number of hydrogen-bond acceptors (Lipinski definition) is 7. The number of rotatable bonds is 6. The Morgan fingerprint density at radius 2 is 1.65 bits per heavy atom. The van der Waals surface area contributed by atoms with Gasteiger partial charge in [0.1, 0.15) is 23.7 Å². The summed E-state index contributed by atoms with van der Waals surface area (Å²) >= 11 is 0. The maximum absolute atomic E-state index is 14.9. The van der Waals surface area contributed by atoms with Crippen molar-refractivity contribution in [2.75, 3.05) is 20.2 Å². The van der Waals surface area contributed by atoms with Crippen molar-refractivity contribution in [3.63, 3.8) is 0 Å². The predicted octanol–water partition coefficient (Wildman–Crippen LogP) is 3.46. The Kier molecular flexibility index (Phi) is 9.58. The molecule has 10 nitrogen and oxygen atoms in total. The summed E-state index contributed by atoms with van der Waals surface area (Å²) in [7, 11) is 1.70. The van der Waals surface area contributed by atoms with Crippen molar-refractivity contribution in [1.82, 2.24) is 14.7 Å². The van der Waals surface area contributed by atoms with Crippen molar-refractivity contribution in [1.29, 1.82) is 0 Å². The van der Waals surface area contributed by atoms with E-state index in [0.29, 0.717) is 24.9 Å². The van der Waals surface area contributed by atoms with Crippen molar-refractivity contribution < 1.29 is 33.8 Å². The van der Waals surface area contributed by atoms with Crippen LogP contribution in [0.3, 0.4) is 0 Å². The summed E-state index contributed by atoms with van der Waals surface area (Å²) in [5, 5.41) is 10.8. The lowest BCUT2D eigenvalue weighted by atomic mass is 9.77. The van der Waals surface area contributed by atoms with E-state index in [2.05, 4.69) is 0 Å². The minimum Gasteiger partial charge on any atom is -0.455 e. The molecule has 2 saturated heterocycles. The third-order valence-corrected chi connectivity index (χ3v) is 10.4. The number of ether oxygens (including phenoxy) is 2. The summed E-state index contributed by atoms with van der Waals surface area (Å²) in [6.07, 6.45) is 6.44. The van der Waals surface area contributed by atoms with E-state index in [1.807, 2.05) is 87.5 Å². The Balaban J connectivity index is 1.47. The van der Waals surface area contributed by atoms with Crippen LogP contribution in [-0.2, 0) is 35.1 Å². The number of likely N-dealkylation sites (tertiary alicyclic amines) is 1. The molecule has 0 aromatic heterocycles. The number of carbonyl (C=O) groups excluding carboxylic acids is 4. The maximum Gasteiger partial charge on any atom is 0.313 e. The van der Waals surface area contributed by atoms with E-state index in [1.54, 1.807) is 35.1 Å². The summed E-state index contributed by atoms with van der Waals surface area (Å²) in [5.41, 5.74) is 0.132. The first-order valence-electron chi connectivity index (χ1n) is 16.9. The van der Waals surface area contributed by atoms with Gasteiger partial charge in [0.2, 0.25) is 17.7 Å². The number of likely N-dealkylation sites (N-methyl/N-ethyl adjacent to an activating group) is 1. The first kappa shape index (κ1) is 33.6. The number of nitrogens with zero attached hydrogens (tertiary/aromatic N) is 3. The Morgan fingerprint density at radius 3 is 2.31 bits per heavy atom. The standard InChI is InChI=1S/C38H45N3O7/c1-24(2)40-21-13-20-38-32(35(44)41(34(38)36(40)45)28(23-42)22-26-14-7-5-8-15-26)31-29(48-38)18-11-12-19-30(43)39(4)25(3)33(47-37(31)46)27-16-9-6-10-17-27/h5-11,13-18,20,24-25,28-29,31-34,42H,12,19,21-23H2,1-4H3/b18-11-/t25-,28-,29-,31+,32+,33+,34-,38+/m1/s1. The molecule has 4 aliphatic rings. The van der Waals surface area contributed by atoms with Gasteiger partial charge in [0.05, 0.1) is 30.7 Å². The number of hydrogen-bond donors (Lipinski definition) is 1. The number of cyclic esters (lactones) is 1. The van der Waals surface area contributed by atoms with E-state index in [0.717, 1.165) is 5.56 Å². The molecule has 0 saturated carbocycles. The summed E-state index contributed by atoms with van der Waals surface area (Å²) < 4.78 is 13.2. The highest BCUT2D eigenvalue weighted by Crippen LogP contribution is 2.54. The van der Waals surface area contributed by atoms with Gasteiger partial charge >= 0.3 is 5.97 Å². The van der Waals surface area contributed by atoms with Gasteiger partial charge in [-0.25, -0.2) is 0 Å². The minimum absolute atomic E-state index is 0.0884. The normalized spacial score (nSPS) is 32.2. The molecule has 0 aliphatic carbocycles. The lowest BCUT2D eigenvalue weighted by molar-refractivity contribution is -0.164. The van der Waals surface area contributed by atoms with Crippen LogP contribution in [0.25, 0.3) is 0 Å². The van der Waals surface area contributed by atoms with Gasteiger partial charge in [-0.05, 0) is 44.7 Å². The third-order valence-electron chi connectivity index (χ3n) is 10.4. The number of esters is 1. The Morgan fingerprint density at radius 1 is 0.958 bits per heavy atom. The van der Waals surface area contributed by atoms with Crippen LogP contribution < -0.4 is 0 Å². The first-order valence-corrected chi connectivity index (χ1v) is 16.9. The zero-order valence-corrected chi connectivity index (χ0v) is 28.0. The van der Waals surface area contributed by atoms with E-state index in [-0.39, 0.29) is 30.9 Å². The quantitative estimate of drug-likeness (QED) is 0.375. The van der Waals surface area contributed by atoms with Crippen molar-refractivity contribution >= 4 is 23.7 Å². The maximum atomic E-state index is 14.9. The van der Waals surface area contributed by atoms with Crippen molar-refractivity contribution in [3.8, 4) is 0 Å². The smallest absolute Gasteiger partial charge is 0.313 e. The average Bonchev–Trinajstić information content (AvgIpc) is 3.48. The monoisotopic (exact) mass is 655 g/mol. The zero-order valence-electron chi connectivity index (χ0n) is 28.0. The molecule has 0 bridgehead atoms. The number of benzene rings is 2. The molecule has 1 N–H and O–H groups in total. The van der Waals surface area contributed by atoms with Crippen LogP contribution in [0.15, 0.2) is 85.0 Å². The molecule has 3 amide bonds. The Hall–Kier alpha value is -4.28. The van der Waals surface area contributed by atoms with Crippen molar-refractivity contribution in [3.05, 3.63) is 96.1 Å². The minimum atomic E-state index is -1.48. The molecule has 0 unspecified atom stereocenters. The molecule has 6 rings (SSSR count). The van der Waals surface area contributed by atoms with Gasteiger partial charge in [-0.3, -0.25) is 19.2 Å². The largest absolute Gasteiger partial charge is 0.455 e. The van der Waals surface area contributed by atoms with Gasteiger partial charge in [-0.1, -0.05) is 85.0 Å². The average molecular weight is 656 g/mol. The summed E-state index contributed by atoms with van der Waals surface area (Å²) in [5.74, 6) is -3.63. The highest BCUT2D eigenvalue weighted by molar-refractivity contribution is 5.99. The van der Waals surface area contributed by atoms with Crippen molar-refractivity contribution in [2.45, 2.75) is 82.0 Å². The zero-order chi connectivity index (χ0) is 34.2. The fourth-order valence-corrected chi connectivity index (χ4v) is 7.84. The van der Waals surface area contributed by atoms with Crippen LogP contribution in [0.4, 0.5) is 0 Å². The molecule has 2 aromatic rings. The molecule has 10 heteroatoms. The lowest BCUT2D eigenvalue weighted by Gasteiger charge is -2.39. The van der Waals surface area contributed by atoms with E-state index >= 15 is 0 Å². The SMILES string of the molecule is CC(C)N1CC=C[C@]23O[C@@H]4/C=C\CCC(=O)N(C)[C@H](C)[C@@H](c5ccccc5)OC(=O)[C@@H]4[C@H]2C(=O)N([C@@H](CO)Cc2ccccc2)[C@@H]3C1=O. The second-order valence-electron chi connectivity index (χ2n) is 13.6. The van der Waals surface area contributed by atoms with Crippen LogP contribution in [0.1, 0.15) is 50.8 Å². The van der Waals surface area contributed by atoms with Crippen LogP contribution >= 0.6 is 0 Å². The highest BCUT2D eigenvalue weighted by Gasteiger charge is 2.72. The first-order chi connectivity index (χ1) is 23.1. The second-order valence-corrected chi connectivity index (χ2v) is 13.6. The highest BCUT2D eigenvalue weighted by atomic mass is 16.6. The number of amides is 3. The van der Waals surface area contributed by atoms with E-state index in [4.69, 9.17) is 9.47 Å². The molecule has 48 heavy (non-hydrogen) atoms. The molecule has 4 aliphatic heterocycles. The second kappa shape index (κ2) is 13.7. The lowest BCUT2D eigenvalue weighted by Crippen LogP contribution is -2.59. The summed E-state index contributed by atoms with van der Waals surface area (Å²) in [6, 6.07) is 16.2. The number of aliphatic hydroxyl groups is 1. The summed E-state index contributed by atoms with van der Waals surface area (Å²) in [6.45, 7) is 5.61. The molecular formula is C38H45N3O7. The van der Waals surface area contributed by atoms with Gasteiger partial charge in [0.25, 0.3) is 0 Å². The third kappa shape index (κ3) is 5.85. The number of aliphatic hydroxyl groups excluding tert-OH is 1. The predicted molar refractivity (Wildman–Crippen MR) is 178 cm³/mol. The topological polar surface area (TPSA) is 117 Å². The molecule has 254 valence electrons. The molecule has 1 spiro atoms. The van der Waals surface area contributed by atoms with Crippen LogP contribution in [0.2, 0.25) is 0 Å². The van der Waals surface area contributed by atoms with Gasteiger partial charge in [0.15, 0.2) is 0 Å². The van der Waals surface area contributed by atoms with E-state index < -0.39 is 59.6 Å². The summed E-state index contributed by atoms with van der Waals surface area (Å²) in [4.78, 5) is 62.0. The fraction of sp³-hybridized carbons (Fsp3) is 0.474. The molecule has 0 radical (unpaired) electrons. The molecule has 8 atom stereocenters. The van der Waals surface area contributed by atoms with Gasteiger partial charge in [-0.15, -0.1) is 0 Å². The van der Waals surface area contributed by atoms with Crippen LogP contribution in [0, 0.1) is 11.8 Å². The molecular weight excluding hydrogens is 610 g/mol. The van der Waals surface area contributed by atoms with Gasteiger partial charge in [-0.2, -0.15) is 0 Å². The number of carbonyl (C=O) groups is 4. The van der Waals surface area contributed by atoms with Gasteiger partial charge in [0, 0.05) is 26.1 Å². The molecule has 4 heterocycles. The Bertz CT molecular complexity index is 1580. The van der Waals surface area contributed by atoms with Crippen LogP contribution in [-0.4, -0.2) is 99.6 Å². The fourth-order valence-electron chi connectivity index (χ4n) is 7.84. The van der Waals surface area contributed by atoms with Gasteiger partial charge < -0.3 is 29.3 Å².